The van der Waals surface area contributed by atoms with Gasteiger partial charge in [-0.15, -0.1) is 0 Å². The van der Waals surface area contributed by atoms with Gasteiger partial charge < -0.3 is 0 Å². The van der Waals surface area contributed by atoms with Crippen molar-refractivity contribution in [3.05, 3.63) is 35.9 Å². The van der Waals surface area contributed by atoms with Crippen molar-refractivity contribution in [1.29, 1.82) is 0 Å². The zero-order valence-electron chi connectivity index (χ0n) is 17.4. The Kier molecular flexibility index (Phi) is 13.6. The Labute approximate surface area is 167 Å². The summed E-state index contributed by atoms with van der Waals surface area (Å²) in [5, 5.41) is 0. The number of unbranched alkanes of at least 4 members (excludes halogenated alkanes) is 5. The van der Waals surface area contributed by atoms with Crippen molar-refractivity contribution in [3.8, 4) is 21.7 Å². The van der Waals surface area contributed by atoms with Crippen LogP contribution in [0.1, 0.15) is 84.1 Å². The maximum atomic E-state index is 3.96. The quantitative estimate of drug-likeness (QED) is 0.182. The van der Waals surface area contributed by atoms with Gasteiger partial charge in [0, 0.05) is 0 Å². The minimum absolute atomic E-state index is 0.963. The van der Waals surface area contributed by atoms with Gasteiger partial charge in [0.15, 0.2) is 0 Å². The van der Waals surface area contributed by atoms with Crippen molar-refractivity contribution in [1.82, 2.24) is 0 Å². The summed E-state index contributed by atoms with van der Waals surface area (Å²) in [4.78, 5) is 0. The molecule has 0 unspecified atom stereocenters. The van der Waals surface area contributed by atoms with Gasteiger partial charge in [0.1, 0.15) is 0 Å². The zero-order chi connectivity index (χ0) is 18.9. The first-order chi connectivity index (χ1) is 12.8. The van der Waals surface area contributed by atoms with Gasteiger partial charge in [-0.2, -0.15) is 0 Å². The van der Waals surface area contributed by atoms with E-state index in [1.54, 1.807) is 0 Å². The van der Waals surface area contributed by atoms with E-state index >= 15 is 0 Å². The molecule has 0 aromatic heterocycles. The van der Waals surface area contributed by atoms with Gasteiger partial charge in [0.2, 0.25) is 0 Å². The Hall–Kier alpha value is -0.861. The molecule has 0 amide bonds. The summed E-state index contributed by atoms with van der Waals surface area (Å²) < 4.78 is 8.43. The van der Waals surface area contributed by atoms with E-state index in [1.165, 1.54) is 51.8 Å². The second kappa shape index (κ2) is 15.2. The minimum atomic E-state index is -2.22. The van der Waals surface area contributed by atoms with E-state index in [1.807, 2.05) is 18.2 Å². The number of hydrogen-bond donors (Lipinski definition) is 0. The van der Waals surface area contributed by atoms with Crippen molar-refractivity contribution in [2.24, 2.45) is 0 Å². The summed E-state index contributed by atoms with van der Waals surface area (Å²) >= 11 is -2.22. The monoisotopic (exact) mass is 458 g/mol. The van der Waals surface area contributed by atoms with Crippen molar-refractivity contribution in [3.63, 3.8) is 0 Å². The Bertz CT molecular complexity index is 558. The SMILES string of the molecule is CCC[CH2][Sn]([C]#CCCCC#Cc1ccccc1)([CH2]CCC)[CH2]CCC. The second-order valence-electron chi connectivity index (χ2n) is 7.41. The predicted molar refractivity (Wildman–Crippen MR) is 120 cm³/mol. The van der Waals surface area contributed by atoms with Gasteiger partial charge >= 0.3 is 168 Å². The average Bonchev–Trinajstić information content (AvgIpc) is 2.68. The fourth-order valence-electron chi connectivity index (χ4n) is 3.31. The fourth-order valence-corrected chi connectivity index (χ4v) is 16.8. The normalized spacial score (nSPS) is 10.6. The summed E-state index contributed by atoms with van der Waals surface area (Å²) in [5.41, 5.74) is 1.12. The van der Waals surface area contributed by atoms with E-state index in [4.69, 9.17) is 0 Å². The van der Waals surface area contributed by atoms with Crippen LogP contribution in [0.5, 0.6) is 0 Å². The molecular weight excluding hydrogens is 419 g/mol. The summed E-state index contributed by atoms with van der Waals surface area (Å²) in [5.74, 6) is 10.2. The average molecular weight is 457 g/mol. The van der Waals surface area contributed by atoms with E-state index in [0.29, 0.717) is 0 Å². The van der Waals surface area contributed by atoms with Crippen LogP contribution in [0.4, 0.5) is 0 Å². The van der Waals surface area contributed by atoms with Crippen molar-refractivity contribution in [2.45, 2.75) is 91.9 Å². The molecule has 0 aliphatic rings. The van der Waals surface area contributed by atoms with E-state index in [2.05, 4.69) is 54.6 Å². The Morgan fingerprint density at radius 2 is 1.23 bits per heavy atom. The second-order valence-corrected chi connectivity index (χ2v) is 19.7. The van der Waals surface area contributed by atoms with Crippen LogP contribution in [0.3, 0.4) is 0 Å². The molecule has 0 radical (unpaired) electrons. The van der Waals surface area contributed by atoms with Gasteiger partial charge in [-0.3, -0.25) is 0 Å². The van der Waals surface area contributed by atoms with Crippen molar-refractivity contribution >= 4 is 18.4 Å². The number of rotatable bonds is 11. The van der Waals surface area contributed by atoms with Crippen LogP contribution < -0.4 is 0 Å². The van der Waals surface area contributed by atoms with Crippen LogP contribution in [0.2, 0.25) is 13.3 Å². The summed E-state index contributed by atoms with van der Waals surface area (Å²) in [6, 6.07) is 10.3. The van der Waals surface area contributed by atoms with Crippen LogP contribution in [-0.4, -0.2) is 18.4 Å². The molecule has 0 heterocycles. The summed E-state index contributed by atoms with van der Waals surface area (Å²) in [7, 11) is 0. The van der Waals surface area contributed by atoms with Gasteiger partial charge in [-0.25, -0.2) is 0 Å². The first-order valence-corrected chi connectivity index (χ1v) is 18.3. The third kappa shape index (κ3) is 10.3. The molecule has 0 nitrogen and oxygen atoms in total. The predicted octanol–water partition coefficient (Wildman–Crippen LogP) is 7.60. The molecule has 1 aromatic carbocycles. The third-order valence-electron chi connectivity index (χ3n) is 4.99. The molecule has 1 rings (SSSR count). The Balaban J connectivity index is 2.56. The van der Waals surface area contributed by atoms with Crippen LogP contribution in [0.25, 0.3) is 0 Å². The van der Waals surface area contributed by atoms with Gasteiger partial charge in [0.25, 0.3) is 0 Å². The van der Waals surface area contributed by atoms with Gasteiger partial charge in [-0.1, -0.05) is 0 Å². The molecule has 0 N–H and O–H groups in total. The molecule has 142 valence electrons. The molecule has 0 saturated heterocycles. The van der Waals surface area contributed by atoms with Gasteiger partial charge in [-0.05, 0) is 0 Å². The Morgan fingerprint density at radius 3 is 1.77 bits per heavy atom. The topological polar surface area (TPSA) is 0 Å². The molecule has 0 aliphatic heterocycles. The fraction of sp³-hybridized carbons (Fsp3) is 0.600. The molecule has 1 aromatic rings. The number of benzene rings is 1. The summed E-state index contributed by atoms with van der Waals surface area (Å²) in [6.07, 6.45) is 11.3. The molecule has 0 aliphatic carbocycles. The zero-order valence-corrected chi connectivity index (χ0v) is 20.2. The van der Waals surface area contributed by atoms with Crippen LogP contribution in [-0.2, 0) is 0 Å². The van der Waals surface area contributed by atoms with Crippen molar-refractivity contribution < 1.29 is 0 Å². The van der Waals surface area contributed by atoms with Gasteiger partial charge in [0.05, 0.1) is 0 Å². The van der Waals surface area contributed by atoms with E-state index in [-0.39, 0.29) is 0 Å². The molecule has 0 bridgehead atoms. The first kappa shape index (κ1) is 23.2. The Morgan fingerprint density at radius 1 is 0.692 bits per heavy atom. The van der Waals surface area contributed by atoms with Crippen LogP contribution in [0, 0.1) is 21.7 Å². The molecule has 26 heavy (non-hydrogen) atoms. The molecule has 1 heteroatoms. The third-order valence-corrected chi connectivity index (χ3v) is 18.2. The molecule has 0 fully saturated rings. The first-order valence-electron chi connectivity index (χ1n) is 10.8. The van der Waals surface area contributed by atoms with E-state index in [0.717, 1.165) is 24.8 Å². The standard InChI is InChI=1S/C13H11.3C4H9.Sn/c1-2-3-4-5-7-10-13-11-8-6-9-12-13;3*1-3-4-2;/h6,8-9,11-12H,3-5H2;3*1,3-4H2,2H3;. The molecule has 0 saturated carbocycles. The summed E-state index contributed by atoms with van der Waals surface area (Å²) in [6.45, 7) is 6.99. The van der Waals surface area contributed by atoms with E-state index in [9.17, 15) is 0 Å². The van der Waals surface area contributed by atoms with Crippen LogP contribution in [0.15, 0.2) is 30.3 Å². The number of hydrogen-bond acceptors (Lipinski definition) is 0. The van der Waals surface area contributed by atoms with Crippen LogP contribution >= 0.6 is 0 Å². The molecular formula is C25H38Sn. The van der Waals surface area contributed by atoms with Crippen molar-refractivity contribution in [2.75, 3.05) is 0 Å². The molecule has 0 atom stereocenters. The maximum absolute atomic E-state index is 3.96. The van der Waals surface area contributed by atoms with E-state index < -0.39 is 18.4 Å². The molecule has 0 spiro atoms.